The van der Waals surface area contributed by atoms with Gasteiger partial charge in [0.1, 0.15) is 24.6 Å². The molecule has 0 aliphatic carbocycles. The minimum atomic E-state index is -5.73. The van der Waals surface area contributed by atoms with Crippen molar-refractivity contribution >= 4 is 34.6 Å². The number of phosphoric acid groups is 3. The van der Waals surface area contributed by atoms with Crippen molar-refractivity contribution in [1.29, 1.82) is 5.41 Å². The van der Waals surface area contributed by atoms with Gasteiger partial charge < -0.3 is 44.3 Å². The van der Waals surface area contributed by atoms with E-state index >= 15 is 0 Å². The van der Waals surface area contributed by atoms with Crippen LogP contribution in [0.2, 0.25) is 0 Å². The van der Waals surface area contributed by atoms with Gasteiger partial charge in [0.15, 0.2) is 28.7 Å². The Balaban J connectivity index is 1.44. The van der Waals surface area contributed by atoms with Crippen LogP contribution in [0, 0.1) is 5.41 Å². The molecule has 0 bridgehead atoms. The summed E-state index contributed by atoms with van der Waals surface area (Å²) in [7, 11) is -16.8. The molecule has 3 saturated heterocycles. The molecule has 0 saturated carbocycles. The Morgan fingerprint density at radius 3 is 2.24 bits per heavy atom. The summed E-state index contributed by atoms with van der Waals surface area (Å²) >= 11 is 0. The third-order valence-corrected chi connectivity index (χ3v) is 10.5. The van der Waals surface area contributed by atoms with E-state index in [0.717, 1.165) is 6.33 Å². The van der Waals surface area contributed by atoms with Crippen molar-refractivity contribution in [3.63, 3.8) is 0 Å². The van der Waals surface area contributed by atoms with E-state index in [-0.39, 0.29) is 16.7 Å². The van der Waals surface area contributed by atoms with E-state index in [1.54, 1.807) is 0 Å². The summed E-state index contributed by atoms with van der Waals surface area (Å²) in [5, 5.41) is 21.4. The molecular formula is C19H31N6O14P3. The van der Waals surface area contributed by atoms with E-state index in [4.69, 9.17) is 33.9 Å². The number of hydrogen-bond acceptors (Lipinski definition) is 14. The zero-order valence-electron chi connectivity index (χ0n) is 22.6. The lowest BCUT2D eigenvalue weighted by atomic mass is 9.78. The van der Waals surface area contributed by atoms with Crippen molar-refractivity contribution in [3.05, 3.63) is 18.1 Å². The monoisotopic (exact) mass is 660 g/mol. The molecule has 42 heavy (non-hydrogen) atoms. The Morgan fingerprint density at radius 2 is 1.62 bits per heavy atom. The molecule has 3 aliphatic rings. The zero-order chi connectivity index (χ0) is 31.1. The Labute approximate surface area is 237 Å². The van der Waals surface area contributed by atoms with Crippen molar-refractivity contribution in [2.75, 3.05) is 6.61 Å². The fraction of sp³-hybridized carbons (Fsp3) is 0.737. The summed E-state index contributed by atoms with van der Waals surface area (Å²) < 4.78 is 68.5. The van der Waals surface area contributed by atoms with Gasteiger partial charge >= 0.3 is 23.5 Å². The molecule has 0 radical (unpaired) electrons. The summed E-state index contributed by atoms with van der Waals surface area (Å²) in [6.07, 6.45) is -0.904. The van der Waals surface area contributed by atoms with Crippen LogP contribution in [-0.2, 0) is 41.1 Å². The Kier molecular flexibility index (Phi) is 7.74. The Morgan fingerprint density at radius 1 is 1.00 bits per heavy atom. The van der Waals surface area contributed by atoms with Crippen molar-refractivity contribution < 1.29 is 65.8 Å². The van der Waals surface area contributed by atoms with Crippen LogP contribution in [0.3, 0.4) is 0 Å². The second-order valence-electron chi connectivity index (χ2n) is 11.5. The van der Waals surface area contributed by atoms with E-state index < -0.39 is 71.5 Å². The molecule has 20 nitrogen and oxygen atoms in total. The standard InChI is InChI=1S/C19H31N6O14P3/c1-17(2)6-19(7-18(3,4)23-17)36-12-10(5-34-41(30,31)39-42(32,33)38-40(27,28)29)35-16(13(12)37-19)24-8-21-11-14(20)25(26)9-22-15(11)24/h8-10,12-13,16,20,23,26H,5-7H2,1-4H3,(H,30,31)(H,32,33)(H2,27,28,29)/t10-,12-,13-,16-/m1/s1. The fourth-order valence-electron chi connectivity index (χ4n) is 6.02. The van der Waals surface area contributed by atoms with E-state index in [2.05, 4.69) is 23.9 Å². The number of hydrogen-bond donors (Lipinski definition) is 7. The predicted octanol–water partition coefficient (Wildman–Crippen LogP) is 0.611. The van der Waals surface area contributed by atoms with E-state index in [9.17, 15) is 28.7 Å². The molecule has 2 aromatic heterocycles. The molecule has 3 fully saturated rings. The van der Waals surface area contributed by atoms with Crippen LogP contribution in [0.25, 0.3) is 11.2 Å². The molecule has 6 atom stereocenters. The first-order valence-electron chi connectivity index (χ1n) is 12.4. The van der Waals surface area contributed by atoms with Gasteiger partial charge in [0.25, 0.3) is 0 Å². The lowest BCUT2D eigenvalue weighted by Gasteiger charge is -2.50. The molecular weight excluding hydrogens is 629 g/mol. The zero-order valence-corrected chi connectivity index (χ0v) is 25.3. The molecule has 23 heteroatoms. The summed E-state index contributed by atoms with van der Waals surface area (Å²) in [4.78, 5) is 45.2. The minimum Gasteiger partial charge on any atom is -0.425 e. The van der Waals surface area contributed by atoms with E-state index in [1.807, 2.05) is 27.7 Å². The molecule has 2 unspecified atom stereocenters. The summed E-state index contributed by atoms with van der Waals surface area (Å²) in [6, 6.07) is 0. The normalized spacial score (nSPS) is 31.1. The van der Waals surface area contributed by atoms with Crippen LogP contribution < -0.4 is 10.8 Å². The average molecular weight is 660 g/mol. The van der Waals surface area contributed by atoms with Crippen molar-refractivity contribution in [2.45, 2.75) is 81.9 Å². The number of phosphoric ester groups is 1. The van der Waals surface area contributed by atoms with Crippen molar-refractivity contribution in [1.82, 2.24) is 24.6 Å². The molecule has 3 aliphatic heterocycles. The van der Waals surface area contributed by atoms with Crippen LogP contribution in [0.5, 0.6) is 0 Å². The second-order valence-corrected chi connectivity index (χ2v) is 16.0. The van der Waals surface area contributed by atoms with Gasteiger partial charge in [0, 0.05) is 23.9 Å². The maximum atomic E-state index is 12.4. The van der Waals surface area contributed by atoms with E-state index in [1.165, 1.54) is 10.9 Å². The highest BCUT2D eigenvalue weighted by Gasteiger charge is 2.63. The highest BCUT2D eigenvalue weighted by atomic mass is 31.3. The topological polar surface area (TPSA) is 279 Å². The number of piperidine rings is 1. The summed E-state index contributed by atoms with van der Waals surface area (Å²) in [5.74, 6) is -1.14. The smallest absolute Gasteiger partial charge is 0.425 e. The average Bonchev–Trinajstić information content (AvgIpc) is 3.42. The highest BCUT2D eigenvalue weighted by Crippen LogP contribution is 2.66. The predicted molar refractivity (Wildman–Crippen MR) is 135 cm³/mol. The molecule has 1 spiro atoms. The molecule has 5 rings (SSSR count). The largest absolute Gasteiger partial charge is 0.490 e. The molecule has 2 aromatic rings. The van der Waals surface area contributed by atoms with Gasteiger partial charge in [-0.2, -0.15) is 13.4 Å². The number of rotatable bonds is 8. The van der Waals surface area contributed by atoms with Gasteiger partial charge in [0.2, 0.25) is 0 Å². The van der Waals surface area contributed by atoms with Gasteiger partial charge in [-0.3, -0.25) is 14.5 Å². The van der Waals surface area contributed by atoms with Crippen molar-refractivity contribution in [3.8, 4) is 0 Å². The van der Waals surface area contributed by atoms with Crippen LogP contribution in [-0.4, -0.2) is 85.8 Å². The number of aromatic nitrogens is 4. The van der Waals surface area contributed by atoms with Crippen LogP contribution in [0.4, 0.5) is 0 Å². The maximum absolute atomic E-state index is 12.4. The van der Waals surface area contributed by atoms with Gasteiger partial charge in [-0.1, -0.05) is 0 Å². The van der Waals surface area contributed by atoms with Crippen LogP contribution in [0.15, 0.2) is 12.7 Å². The molecule has 0 aromatic carbocycles. The lowest BCUT2D eigenvalue weighted by Crippen LogP contribution is -2.64. The molecule has 0 amide bonds. The molecule has 7 N–H and O–H groups in total. The fourth-order valence-corrected chi connectivity index (χ4v) is 9.05. The molecule has 236 valence electrons. The molecule has 5 heterocycles. The number of ether oxygens (including phenoxy) is 3. The van der Waals surface area contributed by atoms with Crippen molar-refractivity contribution in [2.24, 2.45) is 0 Å². The van der Waals surface area contributed by atoms with Crippen LogP contribution >= 0.6 is 23.5 Å². The Hall–Kier alpha value is -1.60. The van der Waals surface area contributed by atoms with Gasteiger partial charge in [-0.25, -0.2) is 23.7 Å². The number of fused-ring (bicyclic) bond motifs is 2. The highest BCUT2D eigenvalue weighted by molar-refractivity contribution is 7.66. The van der Waals surface area contributed by atoms with Gasteiger partial charge in [0.05, 0.1) is 12.9 Å². The first-order valence-corrected chi connectivity index (χ1v) is 16.9. The first kappa shape index (κ1) is 31.8. The van der Waals surface area contributed by atoms with Gasteiger partial charge in [-0.15, -0.1) is 0 Å². The second kappa shape index (κ2) is 10.2. The van der Waals surface area contributed by atoms with E-state index in [0.29, 0.717) is 17.6 Å². The Bertz CT molecular complexity index is 1570. The van der Waals surface area contributed by atoms with Crippen LogP contribution in [0.1, 0.15) is 46.8 Å². The quantitative estimate of drug-likeness (QED) is 0.151. The number of imidazole rings is 1. The summed E-state index contributed by atoms with van der Waals surface area (Å²) in [6.45, 7) is 7.14. The number of nitrogens with one attached hydrogen (secondary N) is 2. The van der Waals surface area contributed by atoms with Gasteiger partial charge in [-0.05, 0) is 27.7 Å². The third kappa shape index (κ3) is 6.57. The number of nitrogens with zero attached hydrogens (tertiary/aromatic N) is 4. The maximum Gasteiger partial charge on any atom is 0.490 e. The third-order valence-electron chi connectivity index (χ3n) is 6.69. The lowest BCUT2D eigenvalue weighted by molar-refractivity contribution is -0.251. The first-order chi connectivity index (χ1) is 19.1. The SMILES string of the molecule is CC1(C)CC2(CC(C)(C)N1)O[C@@H]1[C@H](O2)[C@@H](COP(=O)(O)OP(=O)(O)OP(=O)(O)O)O[C@H]1n1cnc2c(=N)n(O)cnc21. The minimum absolute atomic E-state index is 0.0367. The summed E-state index contributed by atoms with van der Waals surface area (Å²) in [5.41, 5.74) is -1.03.